The van der Waals surface area contributed by atoms with Gasteiger partial charge in [0.1, 0.15) is 0 Å². The van der Waals surface area contributed by atoms with Crippen molar-refractivity contribution in [1.82, 2.24) is 9.88 Å². The maximum atomic E-state index is 13.4. The van der Waals surface area contributed by atoms with Crippen molar-refractivity contribution in [3.8, 4) is 0 Å². The lowest BCUT2D eigenvalue weighted by Crippen LogP contribution is -2.36. The molecule has 0 fully saturated rings. The average molecular weight is 515 g/mol. The zero-order valence-electron chi connectivity index (χ0n) is 18.6. The number of carbonyl (C=O) groups excluding carboxylic acids is 1. The van der Waals surface area contributed by atoms with Gasteiger partial charge in [-0.25, -0.2) is 13.4 Å². The van der Waals surface area contributed by atoms with Gasteiger partial charge in [0.05, 0.1) is 15.1 Å². The highest BCUT2D eigenvalue weighted by atomic mass is 35.5. The molecule has 0 aliphatic rings. The van der Waals surface area contributed by atoms with Gasteiger partial charge in [0.2, 0.25) is 0 Å². The minimum atomic E-state index is -3.77. The van der Waals surface area contributed by atoms with Crippen molar-refractivity contribution in [2.24, 2.45) is 0 Å². The molecule has 0 spiro atoms. The number of rotatable bonds is 8. The number of aromatic nitrogens is 1. The Labute approximate surface area is 207 Å². The van der Waals surface area contributed by atoms with Crippen LogP contribution in [0.2, 0.25) is 5.02 Å². The van der Waals surface area contributed by atoms with Gasteiger partial charge in [0.15, 0.2) is 5.13 Å². The lowest BCUT2D eigenvalue weighted by atomic mass is 10.2. The standard InChI is InChI=1S/C24H23ClN4O3S2/c1-28(2)15-16-29(24-26-21-5-3-4-6-22(21)33-24)23(30)17-7-11-19(12-8-17)27-34(31,32)20-13-9-18(25)10-14-20/h3-14,27H,15-16H2,1-2H3. The Morgan fingerprint density at radius 2 is 1.65 bits per heavy atom. The number of amides is 1. The second-order valence-electron chi connectivity index (χ2n) is 7.86. The highest BCUT2D eigenvalue weighted by Gasteiger charge is 2.22. The van der Waals surface area contributed by atoms with Crippen LogP contribution < -0.4 is 9.62 Å². The van der Waals surface area contributed by atoms with E-state index in [4.69, 9.17) is 11.6 Å². The molecule has 0 saturated heterocycles. The van der Waals surface area contributed by atoms with Crippen LogP contribution in [-0.2, 0) is 10.0 Å². The molecule has 10 heteroatoms. The zero-order valence-corrected chi connectivity index (χ0v) is 21.0. The van der Waals surface area contributed by atoms with E-state index in [0.29, 0.717) is 34.5 Å². The molecule has 0 radical (unpaired) electrons. The monoisotopic (exact) mass is 514 g/mol. The number of hydrogen-bond donors (Lipinski definition) is 1. The van der Waals surface area contributed by atoms with E-state index in [1.54, 1.807) is 29.2 Å². The molecule has 0 saturated carbocycles. The Hall–Kier alpha value is -2.98. The summed E-state index contributed by atoms with van der Waals surface area (Å²) >= 11 is 7.31. The van der Waals surface area contributed by atoms with E-state index in [0.717, 1.165) is 10.2 Å². The van der Waals surface area contributed by atoms with Crippen LogP contribution in [0, 0.1) is 0 Å². The molecule has 0 unspecified atom stereocenters. The molecule has 0 bridgehead atoms. The number of thiazole rings is 1. The first-order valence-corrected chi connectivity index (χ1v) is 13.1. The molecule has 0 aliphatic carbocycles. The lowest BCUT2D eigenvalue weighted by Gasteiger charge is -2.22. The Morgan fingerprint density at radius 3 is 2.29 bits per heavy atom. The van der Waals surface area contributed by atoms with Gasteiger partial charge in [0, 0.05) is 29.4 Å². The molecule has 0 atom stereocenters. The summed E-state index contributed by atoms with van der Waals surface area (Å²) in [6.45, 7) is 1.14. The Kier molecular flexibility index (Phi) is 7.18. The van der Waals surface area contributed by atoms with E-state index in [1.807, 2.05) is 43.3 Å². The van der Waals surface area contributed by atoms with Crippen molar-refractivity contribution in [1.29, 1.82) is 0 Å². The smallest absolute Gasteiger partial charge is 0.261 e. The van der Waals surface area contributed by atoms with E-state index in [9.17, 15) is 13.2 Å². The van der Waals surface area contributed by atoms with Crippen LogP contribution in [0.25, 0.3) is 10.2 Å². The van der Waals surface area contributed by atoms with E-state index in [-0.39, 0.29) is 10.8 Å². The molecule has 1 aromatic heterocycles. The highest BCUT2D eigenvalue weighted by molar-refractivity contribution is 7.92. The molecule has 176 valence electrons. The van der Waals surface area contributed by atoms with Crippen molar-refractivity contribution in [3.05, 3.63) is 83.4 Å². The number of anilines is 2. The summed E-state index contributed by atoms with van der Waals surface area (Å²) in [5.41, 5.74) is 1.64. The molecule has 0 aliphatic heterocycles. The number of likely N-dealkylation sites (N-methyl/N-ethyl adjacent to an activating group) is 1. The number of hydrogen-bond acceptors (Lipinski definition) is 6. The first-order valence-electron chi connectivity index (χ1n) is 10.4. The number of carbonyl (C=O) groups is 1. The fourth-order valence-corrected chi connectivity index (χ4v) is 5.40. The van der Waals surface area contributed by atoms with Gasteiger partial charge in [0.25, 0.3) is 15.9 Å². The average Bonchev–Trinajstić information content (AvgIpc) is 3.23. The number of benzene rings is 3. The van der Waals surface area contributed by atoms with Gasteiger partial charge < -0.3 is 4.90 Å². The van der Waals surface area contributed by atoms with Gasteiger partial charge >= 0.3 is 0 Å². The number of para-hydroxylation sites is 1. The number of nitrogens with zero attached hydrogens (tertiary/aromatic N) is 3. The van der Waals surface area contributed by atoms with Gasteiger partial charge in [-0.05, 0) is 74.8 Å². The van der Waals surface area contributed by atoms with Crippen LogP contribution >= 0.6 is 22.9 Å². The van der Waals surface area contributed by atoms with Crippen molar-refractivity contribution >= 4 is 59.9 Å². The topological polar surface area (TPSA) is 82.6 Å². The molecular weight excluding hydrogens is 492 g/mol. The number of nitrogens with one attached hydrogen (secondary N) is 1. The van der Waals surface area contributed by atoms with Crippen molar-refractivity contribution in [2.45, 2.75) is 4.90 Å². The largest absolute Gasteiger partial charge is 0.308 e. The zero-order chi connectivity index (χ0) is 24.3. The summed E-state index contributed by atoms with van der Waals surface area (Å²) in [4.78, 5) is 21.8. The molecule has 34 heavy (non-hydrogen) atoms. The number of halogens is 1. The number of fused-ring (bicyclic) bond motifs is 1. The van der Waals surface area contributed by atoms with Gasteiger partial charge in [-0.3, -0.25) is 14.4 Å². The third-order valence-electron chi connectivity index (χ3n) is 5.04. The second kappa shape index (κ2) is 10.1. The minimum absolute atomic E-state index is 0.0998. The van der Waals surface area contributed by atoms with Crippen LogP contribution in [0.3, 0.4) is 0 Å². The van der Waals surface area contributed by atoms with Gasteiger partial charge in [-0.15, -0.1) is 0 Å². The van der Waals surface area contributed by atoms with Gasteiger partial charge in [-0.2, -0.15) is 0 Å². The summed E-state index contributed by atoms with van der Waals surface area (Å²) in [6, 6.07) is 20.0. The molecule has 4 rings (SSSR count). The van der Waals surface area contributed by atoms with E-state index in [1.165, 1.54) is 35.6 Å². The summed E-state index contributed by atoms with van der Waals surface area (Å²) in [7, 11) is 0.121. The number of sulfonamides is 1. The van der Waals surface area contributed by atoms with E-state index in [2.05, 4.69) is 9.71 Å². The van der Waals surface area contributed by atoms with Crippen LogP contribution in [0.15, 0.2) is 77.7 Å². The normalized spacial score (nSPS) is 11.6. The predicted molar refractivity (Wildman–Crippen MR) is 139 cm³/mol. The fraction of sp³-hybridized carbons (Fsp3) is 0.167. The fourth-order valence-electron chi connectivity index (χ4n) is 3.22. The maximum absolute atomic E-state index is 13.4. The summed E-state index contributed by atoms with van der Waals surface area (Å²) < 4.78 is 28.8. The van der Waals surface area contributed by atoms with Crippen molar-refractivity contribution in [3.63, 3.8) is 0 Å². The Balaban J connectivity index is 1.56. The third kappa shape index (κ3) is 5.56. The predicted octanol–water partition coefficient (Wildman–Crippen LogP) is 4.96. The van der Waals surface area contributed by atoms with Crippen LogP contribution in [0.5, 0.6) is 0 Å². The first kappa shape index (κ1) is 24.2. The third-order valence-corrected chi connectivity index (χ3v) is 7.75. The van der Waals surface area contributed by atoms with Crippen LogP contribution in [0.1, 0.15) is 10.4 Å². The van der Waals surface area contributed by atoms with Crippen molar-refractivity contribution in [2.75, 3.05) is 36.8 Å². The summed E-state index contributed by atoms with van der Waals surface area (Å²) in [5, 5.41) is 1.08. The molecule has 1 amide bonds. The second-order valence-corrected chi connectivity index (χ2v) is 11.0. The first-order chi connectivity index (χ1) is 16.2. The summed E-state index contributed by atoms with van der Waals surface area (Å²) in [5.74, 6) is -0.201. The summed E-state index contributed by atoms with van der Waals surface area (Å²) in [6.07, 6.45) is 0. The molecule has 1 heterocycles. The van der Waals surface area contributed by atoms with Gasteiger partial charge in [-0.1, -0.05) is 35.1 Å². The van der Waals surface area contributed by atoms with Crippen LogP contribution in [-0.4, -0.2) is 51.4 Å². The molecule has 3 aromatic carbocycles. The maximum Gasteiger partial charge on any atom is 0.261 e. The SMILES string of the molecule is CN(C)CCN(C(=O)c1ccc(NS(=O)(=O)c2ccc(Cl)cc2)cc1)c1nc2ccccc2s1. The Bertz CT molecular complexity index is 1370. The minimum Gasteiger partial charge on any atom is -0.308 e. The quantitative estimate of drug-likeness (QED) is 0.359. The van der Waals surface area contributed by atoms with E-state index >= 15 is 0 Å². The van der Waals surface area contributed by atoms with Crippen molar-refractivity contribution < 1.29 is 13.2 Å². The van der Waals surface area contributed by atoms with E-state index < -0.39 is 10.0 Å². The molecule has 7 nitrogen and oxygen atoms in total. The lowest BCUT2D eigenvalue weighted by molar-refractivity contribution is 0.0985. The molecule has 4 aromatic rings. The molecule has 1 N–H and O–H groups in total. The Morgan fingerprint density at radius 1 is 0.971 bits per heavy atom. The molecular formula is C24H23ClN4O3S2. The van der Waals surface area contributed by atoms with Crippen LogP contribution in [0.4, 0.5) is 10.8 Å². The highest BCUT2D eigenvalue weighted by Crippen LogP contribution is 2.30.